The molecule has 3 aromatic rings. The van der Waals surface area contributed by atoms with Crippen molar-refractivity contribution < 1.29 is 14.7 Å². The summed E-state index contributed by atoms with van der Waals surface area (Å²) < 4.78 is -1.04. The van der Waals surface area contributed by atoms with Gasteiger partial charge in [0, 0.05) is 18.0 Å². The first-order valence-corrected chi connectivity index (χ1v) is 13.2. The highest BCUT2D eigenvalue weighted by molar-refractivity contribution is 8.01. The molecule has 1 saturated heterocycles. The first-order valence-electron chi connectivity index (χ1n) is 12.4. The highest BCUT2D eigenvalue weighted by Gasteiger charge is 2.58. The Morgan fingerprint density at radius 3 is 2.31 bits per heavy atom. The summed E-state index contributed by atoms with van der Waals surface area (Å²) in [4.78, 5) is 30.5. The van der Waals surface area contributed by atoms with Crippen molar-refractivity contribution in [2.75, 3.05) is 6.54 Å². The second-order valence-corrected chi connectivity index (χ2v) is 11.3. The molecule has 1 aliphatic heterocycles. The Kier molecular flexibility index (Phi) is 8.17. The summed E-state index contributed by atoms with van der Waals surface area (Å²) in [6, 6.07) is 25.1. The van der Waals surface area contributed by atoms with Gasteiger partial charge < -0.3 is 15.3 Å². The molecule has 0 saturated carbocycles. The van der Waals surface area contributed by atoms with Crippen LogP contribution in [-0.2, 0) is 22.7 Å². The summed E-state index contributed by atoms with van der Waals surface area (Å²) in [6.07, 6.45) is 0.106. The fourth-order valence-electron chi connectivity index (χ4n) is 4.64. The Morgan fingerprint density at radius 2 is 1.69 bits per heavy atom. The highest BCUT2D eigenvalue weighted by Crippen LogP contribution is 2.53. The molecule has 6 heteroatoms. The topological polar surface area (TPSA) is 69.6 Å². The molecule has 3 aromatic carbocycles. The number of hydrogen-bond acceptors (Lipinski definition) is 4. The van der Waals surface area contributed by atoms with Gasteiger partial charge >= 0.3 is 0 Å². The molecular weight excluding hydrogens is 468 g/mol. The maximum absolute atomic E-state index is 14.0. The number of likely N-dealkylation sites (tertiary alicyclic amines) is 1. The summed E-state index contributed by atoms with van der Waals surface area (Å²) in [5.41, 5.74) is 3.83. The third-order valence-electron chi connectivity index (χ3n) is 6.54. The Hall–Kier alpha value is -3.09. The maximum Gasteiger partial charge on any atom is 0.239 e. The van der Waals surface area contributed by atoms with Crippen LogP contribution in [0.15, 0.2) is 83.8 Å². The van der Waals surface area contributed by atoms with E-state index in [0.29, 0.717) is 13.1 Å². The van der Waals surface area contributed by atoms with Crippen molar-refractivity contribution in [3.8, 4) is 0 Å². The number of aliphatic hydroxyl groups excluding tert-OH is 1. The van der Waals surface area contributed by atoms with Crippen LogP contribution in [0.25, 0.3) is 0 Å². The van der Waals surface area contributed by atoms with E-state index in [4.69, 9.17) is 0 Å². The Balaban J connectivity index is 1.83. The summed E-state index contributed by atoms with van der Waals surface area (Å²) in [7, 11) is 0. The standard InChI is InChI=1S/C30H34N2O3S/c1-21(2)18-31-29(35)30(36-26-15-9-22(3)10-16-26)17-27(34)32(19-23-7-5-4-6-8-23)28(30)25-13-11-24(20-33)12-14-25/h4-16,21,28,33H,17-20H2,1-3H3,(H,31,35)/t28-,30-/m1/s1. The molecule has 2 amide bonds. The van der Waals surface area contributed by atoms with Gasteiger partial charge in [0.25, 0.3) is 0 Å². The molecule has 2 N–H and O–H groups in total. The van der Waals surface area contributed by atoms with E-state index in [0.717, 1.165) is 27.1 Å². The van der Waals surface area contributed by atoms with Crippen molar-refractivity contribution in [2.45, 2.75) is 56.0 Å². The number of aryl methyl sites for hydroxylation is 1. The zero-order chi connectivity index (χ0) is 25.7. The molecule has 1 heterocycles. The fourth-order valence-corrected chi connectivity index (χ4v) is 6.07. The zero-order valence-electron chi connectivity index (χ0n) is 21.1. The van der Waals surface area contributed by atoms with Gasteiger partial charge in [-0.3, -0.25) is 9.59 Å². The number of aliphatic hydroxyl groups is 1. The lowest BCUT2D eigenvalue weighted by Gasteiger charge is -2.37. The average molecular weight is 503 g/mol. The molecule has 0 aromatic heterocycles. The van der Waals surface area contributed by atoms with E-state index in [2.05, 4.69) is 19.2 Å². The van der Waals surface area contributed by atoms with Gasteiger partial charge in [0.15, 0.2) is 0 Å². The van der Waals surface area contributed by atoms with Gasteiger partial charge in [0.2, 0.25) is 11.8 Å². The van der Waals surface area contributed by atoms with Crippen molar-refractivity contribution in [3.63, 3.8) is 0 Å². The quantitative estimate of drug-likeness (QED) is 0.419. The average Bonchev–Trinajstić information content (AvgIpc) is 3.16. The number of amides is 2. The third-order valence-corrected chi connectivity index (χ3v) is 7.96. The lowest BCUT2D eigenvalue weighted by molar-refractivity contribution is -0.129. The van der Waals surface area contributed by atoms with Gasteiger partial charge in [-0.15, -0.1) is 11.8 Å². The number of thioether (sulfide) groups is 1. The summed E-state index contributed by atoms with van der Waals surface area (Å²) in [6.45, 7) is 7.05. The van der Waals surface area contributed by atoms with Gasteiger partial charge in [0.05, 0.1) is 19.1 Å². The van der Waals surface area contributed by atoms with E-state index >= 15 is 0 Å². The number of rotatable bonds is 9. The first kappa shape index (κ1) is 26.0. The molecule has 0 unspecified atom stereocenters. The lowest BCUT2D eigenvalue weighted by Crippen LogP contribution is -2.49. The molecule has 0 aliphatic carbocycles. The van der Waals surface area contributed by atoms with E-state index in [1.54, 1.807) is 0 Å². The molecule has 1 aliphatic rings. The zero-order valence-corrected chi connectivity index (χ0v) is 21.9. The monoisotopic (exact) mass is 502 g/mol. The Labute approximate surface area is 217 Å². The largest absolute Gasteiger partial charge is 0.392 e. The second kappa shape index (κ2) is 11.3. The maximum atomic E-state index is 14.0. The predicted octanol–water partition coefficient (Wildman–Crippen LogP) is 5.26. The molecule has 0 radical (unpaired) electrons. The third kappa shape index (κ3) is 5.66. The van der Waals surface area contributed by atoms with E-state index in [1.807, 2.05) is 90.7 Å². The number of nitrogens with one attached hydrogen (secondary N) is 1. The first-order chi connectivity index (χ1) is 17.3. The molecule has 1 fully saturated rings. The van der Waals surface area contributed by atoms with E-state index in [1.165, 1.54) is 11.8 Å². The summed E-state index contributed by atoms with van der Waals surface area (Å²) in [5, 5.41) is 12.7. The van der Waals surface area contributed by atoms with Gasteiger partial charge in [-0.2, -0.15) is 0 Å². The molecule has 0 bridgehead atoms. The van der Waals surface area contributed by atoms with Crippen molar-refractivity contribution in [3.05, 3.63) is 101 Å². The number of nitrogens with zero attached hydrogens (tertiary/aromatic N) is 1. The van der Waals surface area contributed by atoms with E-state index in [9.17, 15) is 14.7 Å². The van der Waals surface area contributed by atoms with Crippen LogP contribution in [0, 0.1) is 12.8 Å². The van der Waals surface area contributed by atoms with Crippen LogP contribution in [0.3, 0.4) is 0 Å². The van der Waals surface area contributed by atoms with Crippen LogP contribution in [-0.4, -0.2) is 33.1 Å². The molecule has 5 nitrogen and oxygen atoms in total. The molecule has 2 atom stereocenters. The van der Waals surface area contributed by atoms with E-state index < -0.39 is 10.8 Å². The Bertz CT molecular complexity index is 1180. The Morgan fingerprint density at radius 1 is 1.03 bits per heavy atom. The second-order valence-electron chi connectivity index (χ2n) is 9.89. The van der Waals surface area contributed by atoms with Gasteiger partial charge in [-0.25, -0.2) is 0 Å². The SMILES string of the molecule is Cc1ccc(S[C@]2(C(=O)NCC(C)C)CC(=O)N(Cc3ccccc3)[C@@H]2c2ccc(CO)cc2)cc1. The van der Waals surface area contributed by atoms with Crippen LogP contribution in [0.5, 0.6) is 0 Å². The predicted molar refractivity (Wildman–Crippen MR) is 144 cm³/mol. The van der Waals surface area contributed by atoms with Crippen LogP contribution in [0.2, 0.25) is 0 Å². The number of hydrogen-bond donors (Lipinski definition) is 2. The minimum absolute atomic E-state index is 0.0469. The van der Waals surface area contributed by atoms with Crippen LogP contribution < -0.4 is 5.32 Å². The van der Waals surface area contributed by atoms with Gasteiger partial charge in [-0.05, 0) is 41.7 Å². The van der Waals surface area contributed by atoms with Crippen LogP contribution in [0.4, 0.5) is 0 Å². The molecule has 36 heavy (non-hydrogen) atoms. The lowest BCUT2D eigenvalue weighted by atomic mass is 9.90. The fraction of sp³-hybridized carbons (Fsp3) is 0.333. The van der Waals surface area contributed by atoms with E-state index in [-0.39, 0.29) is 30.8 Å². The van der Waals surface area contributed by atoms with Gasteiger partial charge in [-0.1, -0.05) is 86.1 Å². The van der Waals surface area contributed by atoms with Gasteiger partial charge in [0.1, 0.15) is 4.75 Å². The van der Waals surface area contributed by atoms with Crippen molar-refractivity contribution in [1.82, 2.24) is 10.2 Å². The van der Waals surface area contributed by atoms with Crippen LogP contribution >= 0.6 is 11.8 Å². The highest BCUT2D eigenvalue weighted by atomic mass is 32.2. The molecule has 188 valence electrons. The van der Waals surface area contributed by atoms with Crippen molar-refractivity contribution in [1.29, 1.82) is 0 Å². The minimum Gasteiger partial charge on any atom is -0.392 e. The molecule has 4 rings (SSSR count). The van der Waals surface area contributed by atoms with Crippen molar-refractivity contribution in [2.24, 2.45) is 5.92 Å². The number of carbonyl (C=O) groups excluding carboxylic acids is 2. The summed E-state index contributed by atoms with van der Waals surface area (Å²) in [5.74, 6) is 0.117. The smallest absolute Gasteiger partial charge is 0.239 e. The minimum atomic E-state index is -1.04. The van der Waals surface area contributed by atoms with Crippen LogP contribution in [0.1, 0.15) is 48.6 Å². The summed E-state index contributed by atoms with van der Waals surface area (Å²) >= 11 is 1.47. The normalized spacial score (nSPS) is 19.6. The number of benzene rings is 3. The molecular formula is C30H34N2O3S. The molecule has 0 spiro atoms. The number of carbonyl (C=O) groups is 2. The van der Waals surface area contributed by atoms with Crippen molar-refractivity contribution >= 4 is 23.6 Å².